The molecule has 1 amide bonds. The maximum atomic E-state index is 12.0. The summed E-state index contributed by atoms with van der Waals surface area (Å²) in [5.74, 6) is 0.245. The first kappa shape index (κ1) is 16.0. The van der Waals surface area contributed by atoms with Gasteiger partial charge in [-0.2, -0.15) is 5.26 Å². The fourth-order valence-electron chi connectivity index (χ4n) is 3.01. The van der Waals surface area contributed by atoms with Crippen molar-refractivity contribution in [1.29, 1.82) is 5.26 Å². The third-order valence-corrected chi connectivity index (χ3v) is 5.80. The van der Waals surface area contributed by atoms with Gasteiger partial charge in [0.25, 0.3) is 5.91 Å². The smallest absolute Gasteiger partial charge is 0.309 e. The number of anilines is 1. The van der Waals surface area contributed by atoms with Gasteiger partial charge in [-0.25, -0.2) is 0 Å². The number of hydrogen-bond acceptors (Lipinski definition) is 5. The van der Waals surface area contributed by atoms with Crippen molar-refractivity contribution in [2.45, 2.75) is 39.5 Å². The van der Waals surface area contributed by atoms with Gasteiger partial charge in [-0.15, -0.1) is 11.3 Å². The molecule has 1 heterocycles. The molecule has 1 aromatic heterocycles. The molecular weight excluding hydrogens is 312 g/mol. The third kappa shape index (κ3) is 3.40. The van der Waals surface area contributed by atoms with Crippen molar-refractivity contribution in [2.24, 2.45) is 17.8 Å². The molecule has 0 bridgehead atoms. The molecule has 0 radical (unpaired) electrons. The van der Waals surface area contributed by atoms with Gasteiger partial charge in [0.05, 0.1) is 11.5 Å². The zero-order valence-corrected chi connectivity index (χ0v) is 14.2. The second-order valence-corrected chi connectivity index (χ2v) is 7.75. The number of hydrogen-bond donors (Lipinski definition) is 1. The minimum Gasteiger partial charge on any atom is -0.455 e. The van der Waals surface area contributed by atoms with E-state index in [0.29, 0.717) is 22.4 Å². The minimum atomic E-state index is -0.380. The van der Waals surface area contributed by atoms with E-state index in [1.807, 2.05) is 6.92 Å². The lowest BCUT2D eigenvalue weighted by Gasteiger charge is -2.17. The van der Waals surface area contributed by atoms with Gasteiger partial charge in [0, 0.05) is 4.88 Å². The Labute approximate surface area is 139 Å². The predicted molar refractivity (Wildman–Crippen MR) is 87.1 cm³/mol. The molecule has 0 aromatic carbocycles. The van der Waals surface area contributed by atoms with Gasteiger partial charge in [0.15, 0.2) is 6.61 Å². The summed E-state index contributed by atoms with van der Waals surface area (Å²) < 4.78 is 5.03. The van der Waals surface area contributed by atoms with Crippen molar-refractivity contribution in [2.75, 3.05) is 11.9 Å². The molecule has 0 spiro atoms. The number of amides is 1. The first-order chi connectivity index (χ1) is 11.0. The highest BCUT2D eigenvalue weighted by atomic mass is 32.1. The van der Waals surface area contributed by atoms with Crippen LogP contribution in [0.3, 0.4) is 0 Å². The maximum Gasteiger partial charge on any atom is 0.309 e. The van der Waals surface area contributed by atoms with Crippen molar-refractivity contribution in [3.63, 3.8) is 0 Å². The standard InChI is InChI=1S/C17H20N2O3S/c1-9-3-4-11-13(7-18)16(23-14(11)5-9)19-15(20)8-22-17(21)12-6-10(12)2/h9-10,12H,3-6,8H2,1-2H3,(H,19,20)/t9-,10-,12+/m0/s1. The van der Waals surface area contributed by atoms with Crippen molar-refractivity contribution >= 4 is 28.2 Å². The lowest BCUT2D eigenvalue weighted by molar-refractivity contribution is -0.148. The number of esters is 1. The lowest BCUT2D eigenvalue weighted by Crippen LogP contribution is -2.21. The zero-order chi connectivity index (χ0) is 16.6. The van der Waals surface area contributed by atoms with E-state index in [1.165, 1.54) is 16.2 Å². The highest BCUT2D eigenvalue weighted by Crippen LogP contribution is 2.40. The Morgan fingerprint density at radius 1 is 1.43 bits per heavy atom. The molecule has 23 heavy (non-hydrogen) atoms. The predicted octanol–water partition coefficient (Wildman–Crippen LogP) is 2.88. The highest BCUT2D eigenvalue weighted by Gasteiger charge is 2.40. The van der Waals surface area contributed by atoms with Crippen LogP contribution >= 0.6 is 11.3 Å². The summed E-state index contributed by atoms with van der Waals surface area (Å²) in [5.41, 5.74) is 1.65. The summed E-state index contributed by atoms with van der Waals surface area (Å²) in [6.07, 6.45) is 3.76. The average molecular weight is 332 g/mol. The number of nitriles is 1. The number of rotatable bonds is 4. The van der Waals surface area contributed by atoms with Gasteiger partial charge in [-0.3, -0.25) is 9.59 Å². The molecule has 3 atom stereocenters. The topological polar surface area (TPSA) is 79.2 Å². The summed E-state index contributed by atoms with van der Waals surface area (Å²) in [6, 6.07) is 2.21. The fraction of sp³-hybridized carbons (Fsp3) is 0.588. The van der Waals surface area contributed by atoms with Crippen LogP contribution in [0.5, 0.6) is 0 Å². The molecule has 3 rings (SSSR count). The van der Waals surface area contributed by atoms with Crippen LogP contribution in [0.2, 0.25) is 0 Å². The summed E-state index contributed by atoms with van der Waals surface area (Å²) in [4.78, 5) is 24.8. The number of carbonyl (C=O) groups is 2. The van der Waals surface area contributed by atoms with E-state index in [9.17, 15) is 14.9 Å². The molecule has 1 fully saturated rings. The normalized spacial score (nSPS) is 25.2. The highest BCUT2D eigenvalue weighted by molar-refractivity contribution is 7.16. The Bertz CT molecular complexity index is 689. The minimum absolute atomic E-state index is 0.0481. The third-order valence-electron chi connectivity index (χ3n) is 4.63. The van der Waals surface area contributed by atoms with Crippen LogP contribution in [0, 0.1) is 29.1 Å². The van der Waals surface area contributed by atoms with Gasteiger partial charge in [-0.05, 0) is 43.1 Å². The summed E-state index contributed by atoms with van der Waals surface area (Å²) in [6.45, 7) is 3.90. The van der Waals surface area contributed by atoms with Gasteiger partial charge >= 0.3 is 5.97 Å². The number of fused-ring (bicyclic) bond motifs is 1. The molecular formula is C17H20N2O3S. The number of nitrogens with zero attached hydrogens (tertiary/aromatic N) is 1. The second kappa shape index (κ2) is 6.32. The lowest BCUT2D eigenvalue weighted by atomic mass is 9.89. The molecule has 0 unspecified atom stereocenters. The number of ether oxygens (including phenoxy) is 1. The zero-order valence-electron chi connectivity index (χ0n) is 13.3. The molecule has 122 valence electrons. The van der Waals surface area contributed by atoms with Crippen LogP contribution in [-0.4, -0.2) is 18.5 Å². The number of carbonyl (C=O) groups excluding carboxylic acids is 2. The SMILES string of the molecule is C[C@H]1CCc2c(sc(NC(=O)COC(=O)[C@@H]3C[C@@H]3C)c2C#N)C1. The van der Waals surface area contributed by atoms with E-state index < -0.39 is 0 Å². The fourth-order valence-corrected chi connectivity index (χ4v) is 4.39. The Balaban J connectivity index is 1.62. The molecule has 5 nitrogen and oxygen atoms in total. The molecule has 1 aromatic rings. The van der Waals surface area contributed by atoms with E-state index >= 15 is 0 Å². The summed E-state index contributed by atoms with van der Waals surface area (Å²) in [7, 11) is 0. The van der Waals surface area contributed by atoms with Gasteiger partial charge < -0.3 is 10.1 Å². The van der Waals surface area contributed by atoms with E-state index in [0.717, 1.165) is 31.2 Å². The molecule has 1 saturated carbocycles. The van der Waals surface area contributed by atoms with E-state index in [2.05, 4.69) is 18.3 Å². The van der Waals surface area contributed by atoms with Crippen LogP contribution in [0.15, 0.2) is 0 Å². The van der Waals surface area contributed by atoms with Gasteiger partial charge in [0.1, 0.15) is 11.1 Å². The van der Waals surface area contributed by atoms with Crippen LogP contribution < -0.4 is 5.32 Å². The molecule has 2 aliphatic rings. The Morgan fingerprint density at radius 2 is 2.17 bits per heavy atom. The van der Waals surface area contributed by atoms with Gasteiger partial charge in [-0.1, -0.05) is 13.8 Å². The van der Waals surface area contributed by atoms with Crippen LogP contribution in [0.1, 0.15) is 42.7 Å². The number of thiophene rings is 1. The van der Waals surface area contributed by atoms with Crippen molar-refractivity contribution in [1.82, 2.24) is 0 Å². The second-order valence-electron chi connectivity index (χ2n) is 6.64. The summed E-state index contributed by atoms with van der Waals surface area (Å²) >= 11 is 1.48. The molecule has 2 aliphatic carbocycles. The largest absolute Gasteiger partial charge is 0.455 e. The molecule has 1 N–H and O–H groups in total. The number of nitrogens with one attached hydrogen (secondary N) is 1. The first-order valence-electron chi connectivity index (χ1n) is 8.00. The molecule has 0 aliphatic heterocycles. The quantitative estimate of drug-likeness (QED) is 0.860. The van der Waals surface area contributed by atoms with Crippen LogP contribution in [0.25, 0.3) is 0 Å². The van der Waals surface area contributed by atoms with Crippen molar-refractivity contribution in [3.8, 4) is 6.07 Å². The van der Waals surface area contributed by atoms with Crippen molar-refractivity contribution < 1.29 is 14.3 Å². The average Bonchev–Trinajstić information content (AvgIpc) is 3.14. The van der Waals surface area contributed by atoms with E-state index in [-0.39, 0.29) is 24.4 Å². The van der Waals surface area contributed by atoms with Crippen LogP contribution in [-0.2, 0) is 27.2 Å². The molecule has 6 heteroatoms. The maximum absolute atomic E-state index is 12.0. The summed E-state index contributed by atoms with van der Waals surface area (Å²) in [5, 5.41) is 12.7. The van der Waals surface area contributed by atoms with Gasteiger partial charge in [0.2, 0.25) is 0 Å². The van der Waals surface area contributed by atoms with Crippen LogP contribution in [0.4, 0.5) is 5.00 Å². The Kier molecular flexibility index (Phi) is 4.40. The van der Waals surface area contributed by atoms with Crippen molar-refractivity contribution in [3.05, 3.63) is 16.0 Å². The monoisotopic (exact) mass is 332 g/mol. The Hall–Kier alpha value is -1.87. The Morgan fingerprint density at radius 3 is 2.83 bits per heavy atom. The van der Waals surface area contributed by atoms with E-state index in [1.54, 1.807) is 0 Å². The molecule has 0 saturated heterocycles. The van der Waals surface area contributed by atoms with E-state index in [4.69, 9.17) is 4.74 Å². The first-order valence-corrected chi connectivity index (χ1v) is 8.82.